The SMILES string of the molecule is CC(NC1CSCC(C)(C)C1)c1nnc2ccccn12. The van der Waals surface area contributed by atoms with Crippen molar-refractivity contribution in [3.8, 4) is 0 Å². The number of thioether (sulfide) groups is 1. The van der Waals surface area contributed by atoms with Crippen LogP contribution in [-0.4, -0.2) is 32.1 Å². The van der Waals surface area contributed by atoms with Crippen molar-refractivity contribution in [3.05, 3.63) is 30.2 Å². The molecule has 1 aliphatic rings. The molecule has 5 heteroatoms. The van der Waals surface area contributed by atoms with E-state index in [1.54, 1.807) is 0 Å². The molecule has 2 aromatic heterocycles. The van der Waals surface area contributed by atoms with Gasteiger partial charge in [-0.15, -0.1) is 10.2 Å². The van der Waals surface area contributed by atoms with Gasteiger partial charge in [-0.2, -0.15) is 11.8 Å². The first-order valence-electron chi connectivity index (χ1n) is 7.19. The Balaban J connectivity index is 1.74. The molecule has 1 N–H and O–H groups in total. The lowest BCUT2D eigenvalue weighted by molar-refractivity contribution is 0.302. The summed E-state index contributed by atoms with van der Waals surface area (Å²) in [5.41, 5.74) is 1.34. The molecule has 2 aromatic rings. The molecule has 0 spiro atoms. The summed E-state index contributed by atoms with van der Waals surface area (Å²) in [7, 11) is 0. The third kappa shape index (κ3) is 2.83. The predicted octanol–water partition coefficient (Wildman–Crippen LogP) is 2.91. The number of hydrogen-bond donors (Lipinski definition) is 1. The van der Waals surface area contributed by atoms with E-state index in [2.05, 4.69) is 40.7 Å². The molecule has 1 saturated heterocycles. The molecule has 0 aromatic carbocycles. The highest BCUT2D eigenvalue weighted by molar-refractivity contribution is 7.99. The maximum atomic E-state index is 4.34. The van der Waals surface area contributed by atoms with Crippen LogP contribution in [-0.2, 0) is 0 Å². The zero-order valence-electron chi connectivity index (χ0n) is 12.3. The molecular weight excluding hydrogens is 268 g/mol. The summed E-state index contributed by atoms with van der Waals surface area (Å²) in [5.74, 6) is 3.44. The van der Waals surface area contributed by atoms with E-state index >= 15 is 0 Å². The van der Waals surface area contributed by atoms with Gasteiger partial charge in [0.2, 0.25) is 0 Å². The summed E-state index contributed by atoms with van der Waals surface area (Å²) < 4.78 is 2.07. The van der Waals surface area contributed by atoms with Gasteiger partial charge in [-0.1, -0.05) is 19.9 Å². The van der Waals surface area contributed by atoms with Crippen LogP contribution in [0.2, 0.25) is 0 Å². The molecule has 20 heavy (non-hydrogen) atoms. The minimum absolute atomic E-state index is 0.215. The molecule has 0 bridgehead atoms. The van der Waals surface area contributed by atoms with Crippen LogP contribution in [0.1, 0.15) is 39.1 Å². The zero-order chi connectivity index (χ0) is 14.2. The number of nitrogens with zero attached hydrogens (tertiary/aromatic N) is 3. The fraction of sp³-hybridized carbons (Fsp3) is 0.600. The van der Waals surface area contributed by atoms with Gasteiger partial charge in [0.1, 0.15) is 0 Å². The standard InChI is InChI=1S/C15H22N4S/c1-11(16-12-8-15(2,3)10-20-9-12)14-18-17-13-6-4-5-7-19(13)14/h4-7,11-12,16H,8-10H2,1-3H3. The summed E-state index contributed by atoms with van der Waals surface area (Å²) in [6, 6.07) is 6.77. The Morgan fingerprint density at radius 3 is 3.05 bits per heavy atom. The lowest BCUT2D eigenvalue weighted by Gasteiger charge is -2.36. The number of pyridine rings is 1. The summed E-state index contributed by atoms with van der Waals surface area (Å²) in [6.45, 7) is 6.88. The highest BCUT2D eigenvalue weighted by Crippen LogP contribution is 2.34. The smallest absolute Gasteiger partial charge is 0.160 e. The molecule has 2 unspecified atom stereocenters. The van der Waals surface area contributed by atoms with Gasteiger partial charge in [-0.3, -0.25) is 4.40 Å². The second-order valence-corrected chi connectivity index (χ2v) is 7.49. The average molecular weight is 290 g/mol. The predicted molar refractivity (Wildman–Crippen MR) is 84.0 cm³/mol. The van der Waals surface area contributed by atoms with E-state index in [1.807, 2.05) is 36.2 Å². The number of fused-ring (bicyclic) bond motifs is 1. The van der Waals surface area contributed by atoms with Gasteiger partial charge in [-0.05, 0) is 36.6 Å². The highest BCUT2D eigenvalue weighted by Gasteiger charge is 2.29. The van der Waals surface area contributed by atoms with Crippen molar-refractivity contribution >= 4 is 17.4 Å². The van der Waals surface area contributed by atoms with E-state index in [4.69, 9.17) is 0 Å². The van der Waals surface area contributed by atoms with Crippen molar-refractivity contribution in [1.29, 1.82) is 0 Å². The van der Waals surface area contributed by atoms with Crippen LogP contribution in [0, 0.1) is 5.41 Å². The number of nitrogens with one attached hydrogen (secondary N) is 1. The molecule has 0 amide bonds. The van der Waals surface area contributed by atoms with E-state index in [1.165, 1.54) is 17.9 Å². The summed E-state index contributed by atoms with van der Waals surface area (Å²) in [6.07, 6.45) is 3.25. The zero-order valence-corrected chi connectivity index (χ0v) is 13.2. The Bertz CT molecular complexity index is 592. The van der Waals surface area contributed by atoms with E-state index in [0.717, 1.165) is 11.5 Å². The van der Waals surface area contributed by atoms with Crippen molar-refractivity contribution in [2.45, 2.75) is 39.3 Å². The van der Waals surface area contributed by atoms with E-state index in [9.17, 15) is 0 Å². The first-order valence-corrected chi connectivity index (χ1v) is 8.34. The molecule has 1 fully saturated rings. The van der Waals surface area contributed by atoms with Gasteiger partial charge < -0.3 is 5.32 Å². The van der Waals surface area contributed by atoms with Crippen LogP contribution in [0.3, 0.4) is 0 Å². The fourth-order valence-corrected chi connectivity index (χ4v) is 4.24. The van der Waals surface area contributed by atoms with Crippen LogP contribution in [0.15, 0.2) is 24.4 Å². The fourth-order valence-electron chi connectivity index (χ4n) is 2.95. The quantitative estimate of drug-likeness (QED) is 0.944. The topological polar surface area (TPSA) is 42.2 Å². The van der Waals surface area contributed by atoms with E-state index < -0.39 is 0 Å². The number of aromatic nitrogens is 3. The van der Waals surface area contributed by atoms with Crippen LogP contribution < -0.4 is 5.32 Å². The second kappa shape index (κ2) is 5.37. The van der Waals surface area contributed by atoms with Gasteiger partial charge >= 0.3 is 0 Å². The molecule has 0 radical (unpaired) electrons. The minimum atomic E-state index is 0.215. The molecule has 3 rings (SSSR count). The number of rotatable bonds is 3. The van der Waals surface area contributed by atoms with Gasteiger partial charge in [0.25, 0.3) is 0 Å². The molecule has 2 atom stereocenters. The van der Waals surface area contributed by atoms with Gasteiger partial charge in [0, 0.05) is 18.0 Å². The van der Waals surface area contributed by atoms with Gasteiger partial charge in [-0.25, -0.2) is 0 Å². The lowest BCUT2D eigenvalue weighted by Crippen LogP contribution is -2.41. The van der Waals surface area contributed by atoms with Crippen molar-refractivity contribution < 1.29 is 0 Å². The Morgan fingerprint density at radius 2 is 2.25 bits per heavy atom. The monoisotopic (exact) mass is 290 g/mol. The van der Waals surface area contributed by atoms with Crippen molar-refractivity contribution in [2.75, 3.05) is 11.5 Å². The first-order chi connectivity index (χ1) is 9.55. The third-order valence-electron chi connectivity index (χ3n) is 3.82. The normalized spacial score (nSPS) is 23.9. The molecule has 1 aliphatic heterocycles. The van der Waals surface area contributed by atoms with Crippen molar-refractivity contribution in [3.63, 3.8) is 0 Å². The molecule has 3 heterocycles. The maximum Gasteiger partial charge on any atom is 0.160 e. The second-order valence-electron chi connectivity index (χ2n) is 6.46. The molecular formula is C15H22N4S. The van der Waals surface area contributed by atoms with Crippen molar-refractivity contribution in [1.82, 2.24) is 19.9 Å². The maximum absolute atomic E-state index is 4.34. The molecule has 4 nitrogen and oxygen atoms in total. The molecule has 0 saturated carbocycles. The van der Waals surface area contributed by atoms with Crippen LogP contribution in [0.5, 0.6) is 0 Å². The van der Waals surface area contributed by atoms with Crippen LogP contribution in [0.25, 0.3) is 5.65 Å². The Morgan fingerprint density at radius 1 is 1.40 bits per heavy atom. The van der Waals surface area contributed by atoms with Crippen LogP contribution in [0.4, 0.5) is 0 Å². The van der Waals surface area contributed by atoms with Gasteiger partial charge in [0.05, 0.1) is 6.04 Å². The average Bonchev–Trinajstić information content (AvgIpc) is 2.81. The molecule has 0 aliphatic carbocycles. The first kappa shape index (κ1) is 13.9. The van der Waals surface area contributed by atoms with Crippen molar-refractivity contribution in [2.24, 2.45) is 5.41 Å². The lowest BCUT2D eigenvalue weighted by atomic mass is 9.87. The van der Waals surface area contributed by atoms with E-state index in [0.29, 0.717) is 11.5 Å². The van der Waals surface area contributed by atoms with Gasteiger partial charge in [0.15, 0.2) is 11.5 Å². The Kier molecular flexibility index (Phi) is 3.73. The number of hydrogen-bond acceptors (Lipinski definition) is 4. The Hall–Kier alpha value is -1.07. The van der Waals surface area contributed by atoms with E-state index in [-0.39, 0.29) is 6.04 Å². The minimum Gasteiger partial charge on any atom is -0.304 e. The van der Waals surface area contributed by atoms with Crippen LogP contribution >= 0.6 is 11.8 Å². The summed E-state index contributed by atoms with van der Waals surface area (Å²) in [4.78, 5) is 0. The molecule has 108 valence electrons. The third-order valence-corrected chi connectivity index (χ3v) is 5.45. The summed E-state index contributed by atoms with van der Waals surface area (Å²) in [5, 5.41) is 12.3. The summed E-state index contributed by atoms with van der Waals surface area (Å²) >= 11 is 2.05. The Labute approximate surface area is 124 Å². The highest BCUT2D eigenvalue weighted by atomic mass is 32.2. The largest absolute Gasteiger partial charge is 0.304 e.